The minimum absolute atomic E-state index is 0.145. The van der Waals surface area contributed by atoms with E-state index in [1.165, 1.54) is 6.07 Å². The van der Waals surface area contributed by atoms with Gasteiger partial charge in [-0.25, -0.2) is 17.2 Å². The highest BCUT2D eigenvalue weighted by Crippen LogP contribution is 2.35. The fourth-order valence-electron chi connectivity index (χ4n) is 1.16. The van der Waals surface area contributed by atoms with Gasteiger partial charge in [-0.3, -0.25) is 0 Å². The Balaban J connectivity index is 3.08. The van der Waals surface area contributed by atoms with Crippen LogP contribution in [-0.2, 0) is 10.0 Å². The molecular formula is C8H9BrClF2NO3S2. The van der Waals surface area contributed by atoms with E-state index in [2.05, 4.69) is 15.9 Å². The Morgan fingerprint density at radius 2 is 2.17 bits per heavy atom. The molecule has 0 fully saturated rings. The second-order valence-corrected chi connectivity index (χ2v) is 8.11. The predicted octanol–water partition coefficient (Wildman–Crippen LogP) is 2.41. The van der Waals surface area contributed by atoms with Crippen LogP contribution in [-0.4, -0.2) is 44.0 Å². The number of hydrogen-bond acceptors (Lipinski definition) is 4. The van der Waals surface area contributed by atoms with Gasteiger partial charge in [0.15, 0.2) is 0 Å². The monoisotopic (exact) mass is 383 g/mol. The van der Waals surface area contributed by atoms with Gasteiger partial charge < -0.3 is 5.11 Å². The number of thiophene rings is 1. The lowest BCUT2D eigenvalue weighted by Gasteiger charge is -2.19. The molecule has 0 saturated heterocycles. The van der Waals surface area contributed by atoms with Crippen molar-refractivity contribution in [2.45, 2.75) is 10.6 Å². The summed E-state index contributed by atoms with van der Waals surface area (Å²) in [6, 6.07) is 1.18. The molecule has 1 heterocycles. The average Bonchev–Trinajstić information content (AvgIpc) is 2.59. The molecule has 0 aliphatic carbocycles. The van der Waals surface area contributed by atoms with Crippen molar-refractivity contribution >= 4 is 48.9 Å². The van der Waals surface area contributed by atoms with Crippen molar-refractivity contribution in [1.82, 2.24) is 4.31 Å². The molecule has 10 heteroatoms. The van der Waals surface area contributed by atoms with E-state index in [1.54, 1.807) is 0 Å². The minimum Gasteiger partial charge on any atom is -0.395 e. The van der Waals surface area contributed by atoms with Crippen LogP contribution in [0.2, 0.25) is 5.02 Å². The Morgan fingerprint density at radius 1 is 1.56 bits per heavy atom. The molecule has 0 saturated carbocycles. The van der Waals surface area contributed by atoms with E-state index in [0.717, 1.165) is 11.3 Å². The highest BCUT2D eigenvalue weighted by atomic mass is 79.9. The van der Waals surface area contributed by atoms with Gasteiger partial charge in [0.1, 0.15) is 4.21 Å². The molecule has 104 valence electrons. The smallest absolute Gasteiger partial charge is 0.252 e. The summed E-state index contributed by atoms with van der Waals surface area (Å²) in [4.78, 5) is 0. The number of alkyl halides is 2. The lowest BCUT2D eigenvalue weighted by molar-refractivity contribution is 0.113. The standard InChI is InChI=1S/C8H9BrClF2NO3S2/c9-8-5(10)3-7(17-8)18(15,16)13(1-2-14)4-6(11)12/h3,6,14H,1-2,4H2. The molecule has 0 radical (unpaired) electrons. The van der Waals surface area contributed by atoms with Gasteiger partial charge in [-0.05, 0) is 22.0 Å². The van der Waals surface area contributed by atoms with E-state index in [4.69, 9.17) is 16.7 Å². The Bertz CT molecular complexity index is 489. The lowest BCUT2D eigenvalue weighted by atomic mass is 10.6. The van der Waals surface area contributed by atoms with Crippen LogP contribution >= 0.6 is 38.9 Å². The first-order chi connectivity index (χ1) is 8.28. The molecule has 0 aromatic carbocycles. The molecular weight excluding hydrogens is 376 g/mol. The van der Waals surface area contributed by atoms with Gasteiger partial charge in [0.25, 0.3) is 16.4 Å². The summed E-state index contributed by atoms with van der Waals surface area (Å²) in [6.07, 6.45) is -2.81. The lowest BCUT2D eigenvalue weighted by Crippen LogP contribution is -2.36. The summed E-state index contributed by atoms with van der Waals surface area (Å²) in [5.74, 6) is 0. The van der Waals surface area contributed by atoms with Crippen LogP contribution in [0.3, 0.4) is 0 Å². The van der Waals surface area contributed by atoms with Gasteiger partial charge >= 0.3 is 0 Å². The van der Waals surface area contributed by atoms with E-state index >= 15 is 0 Å². The van der Waals surface area contributed by atoms with Crippen molar-refractivity contribution in [3.05, 3.63) is 14.9 Å². The van der Waals surface area contributed by atoms with Crippen LogP contribution in [0.5, 0.6) is 0 Å². The van der Waals surface area contributed by atoms with Crippen molar-refractivity contribution in [3.63, 3.8) is 0 Å². The first kappa shape index (κ1) is 16.3. The molecule has 1 rings (SSSR count). The maximum atomic E-state index is 12.3. The van der Waals surface area contributed by atoms with Crippen molar-refractivity contribution in [3.8, 4) is 0 Å². The second kappa shape index (κ2) is 6.58. The zero-order chi connectivity index (χ0) is 13.9. The number of hydrogen-bond donors (Lipinski definition) is 1. The number of rotatable bonds is 6. The summed E-state index contributed by atoms with van der Waals surface area (Å²) in [5.41, 5.74) is 0. The maximum Gasteiger partial charge on any atom is 0.252 e. The van der Waals surface area contributed by atoms with Gasteiger partial charge in [-0.1, -0.05) is 11.6 Å². The number of halogens is 4. The molecule has 0 amide bonds. The predicted molar refractivity (Wildman–Crippen MR) is 68.9 cm³/mol. The third-order valence-electron chi connectivity index (χ3n) is 1.91. The summed E-state index contributed by atoms with van der Waals surface area (Å²) >= 11 is 9.59. The number of aliphatic hydroxyl groups excluding tert-OH is 1. The van der Waals surface area contributed by atoms with Gasteiger partial charge in [-0.15, -0.1) is 11.3 Å². The van der Waals surface area contributed by atoms with Crippen LogP contribution in [0, 0.1) is 0 Å². The maximum absolute atomic E-state index is 12.3. The first-order valence-electron chi connectivity index (χ1n) is 4.63. The van der Waals surface area contributed by atoms with E-state index in [-0.39, 0.29) is 15.8 Å². The van der Waals surface area contributed by atoms with Crippen LogP contribution in [0.15, 0.2) is 14.1 Å². The molecule has 1 aromatic rings. The fraction of sp³-hybridized carbons (Fsp3) is 0.500. The highest BCUT2D eigenvalue weighted by Gasteiger charge is 2.29. The number of aliphatic hydroxyl groups is 1. The van der Waals surface area contributed by atoms with Crippen LogP contribution < -0.4 is 0 Å². The van der Waals surface area contributed by atoms with Crippen molar-refractivity contribution in [1.29, 1.82) is 0 Å². The number of nitrogens with zero attached hydrogens (tertiary/aromatic N) is 1. The Kier molecular flexibility index (Phi) is 5.94. The third kappa shape index (κ3) is 3.84. The molecule has 0 bridgehead atoms. The van der Waals surface area contributed by atoms with E-state index in [1.807, 2.05) is 0 Å². The zero-order valence-electron chi connectivity index (χ0n) is 8.82. The molecule has 0 atom stereocenters. The van der Waals surface area contributed by atoms with E-state index < -0.39 is 29.6 Å². The van der Waals surface area contributed by atoms with Gasteiger partial charge in [0.05, 0.1) is 22.0 Å². The van der Waals surface area contributed by atoms with E-state index in [0.29, 0.717) is 8.09 Å². The molecule has 0 aliphatic heterocycles. The van der Waals surface area contributed by atoms with Crippen molar-refractivity contribution < 1.29 is 22.3 Å². The van der Waals surface area contributed by atoms with Crippen molar-refractivity contribution in [2.24, 2.45) is 0 Å². The van der Waals surface area contributed by atoms with Gasteiger partial charge in [0, 0.05) is 6.54 Å². The van der Waals surface area contributed by atoms with Gasteiger partial charge in [-0.2, -0.15) is 4.31 Å². The summed E-state index contributed by atoms with van der Waals surface area (Å²) in [6.45, 7) is -1.89. The fourth-order valence-corrected chi connectivity index (χ4v) is 5.12. The van der Waals surface area contributed by atoms with Crippen molar-refractivity contribution in [2.75, 3.05) is 19.7 Å². The highest BCUT2D eigenvalue weighted by molar-refractivity contribution is 9.11. The molecule has 1 aromatic heterocycles. The molecule has 0 spiro atoms. The zero-order valence-corrected chi connectivity index (χ0v) is 12.8. The quantitative estimate of drug-likeness (QED) is 0.819. The molecule has 1 N–H and O–H groups in total. The van der Waals surface area contributed by atoms with Crippen LogP contribution in [0.4, 0.5) is 8.78 Å². The molecule has 0 aliphatic rings. The Labute approximate surface area is 120 Å². The summed E-state index contributed by atoms with van der Waals surface area (Å²) in [7, 11) is -4.06. The topological polar surface area (TPSA) is 57.6 Å². The van der Waals surface area contributed by atoms with Gasteiger partial charge in [0.2, 0.25) is 0 Å². The first-order valence-corrected chi connectivity index (χ1v) is 8.05. The average molecular weight is 385 g/mol. The third-order valence-corrected chi connectivity index (χ3v) is 6.70. The van der Waals surface area contributed by atoms with Crippen LogP contribution in [0.25, 0.3) is 0 Å². The minimum atomic E-state index is -4.06. The summed E-state index contributed by atoms with van der Waals surface area (Å²) in [5, 5.41) is 8.93. The largest absolute Gasteiger partial charge is 0.395 e. The summed E-state index contributed by atoms with van der Waals surface area (Å²) < 4.78 is 49.5. The van der Waals surface area contributed by atoms with E-state index in [9.17, 15) is 17.2 Å². The Morgan fingerprint density at radius 3 is 2.56 bits per heavy atom. The SMILES string of the molecule is O=S(=O)(c1cc(Cl)c(Br)s1)N(CCO)CC(F)F. The molecule has 18 heavy (non-hydrogen) atoms. The van der Waals surface area contributed by atoms with Crippen LogP contribution in [0.1, 0.15) is 0 Å². The Hall–Kier alpha value is 0.200. The number of sulfonamides is 1. The second-order valence-electron chi connectivity index (χ2n) is 3.16. The molecule has 0 unspecified atom stereocenters. The molecule has 4 nitrogen and oxygen atoms in total. The normalized spacial score (nSPS) is 12.6.